The van der Waals surface area contributed by atoms with E-state index in [9.17, 15) is 9.18 Å². The van der Waals surface area contributed by atoms with Gasteiger partial charge in [0, 0.05) is 6.10 Å². The molecule has 2 saturated carbocycles. The molecule has 6 atom stereocenters. The maximum Gasteiger partial charge on any atom is 0.338 e. The van der Waals surface area contributed by atoms with Crippen LogP contribution in [0.5, 0.6) is 0 Å². The Morgan fingerprint density at radius 3 is 2.44 bits per heavy atom. The van der Waals surface area contributed by atoms with E-state index in [2.05, 4.69) is 47.7 Å². The lowest BCUT2D eigenvalue weighted by molar-refractivity contribution is -0.143. The fraction of sp³-hybridized carbons (Fsp3) is 0.955. The highest BCUT2D eigenvalue weighted by atomic mass is 28.4. The Morgan fingerprint density at radius 2 is 1.89 bits per heavy atom. The summed E-state index contributed by atoms with van der Waals surface area (Å²) in [5.41, 5.74) is 0.250. The molecule has 0 heterocycles. The molecule has 0 spiro atoms. The average Bonchev–Trinajstić information content (AvgIpc) is 2.89. The number of carboxylic acids is 1. The highest BCUT2D eigenvalue weighted by molar-refractivity contribution is 6.74. The molecule has 0 radical (unpaired) electrons. The molecule has 27 heavy (non-hydrogen) atoms. The summed E-state index contributed by atoms with van der Waals surface area (Å²) in [5.74, 6) is 0.185. The lowest BCUT2D eigenvalue weighted by Gasteiger charge is -2.50. The molecule has 0 bridgehead atoms. The van der Waals surface area contributed by atoms with Gasteiger partial charge in [-0.15, -0.1) is 0 Å². The number of carboxylic acid groups (broad SMARTS) is 1. The van der Waals surface area contributed by atoms with Crippen LogP contribution in [0.1, 0.15) is 79.6 Å². The zero-order valence-electron chi connectivity index (χ0n) is 18.5. The summed E-state index contributed by atoms with van der Waals surface area (Å²) < 4.78 is 20.4. The number of hydrogen-bond donors (Lipinski definition) is 1. The van der Waals surface area contributed by atoms with Crippen LogP contribution in [0.15, 0.2) is 0 Å². The second kappa shape index (κ2) is 8.14. The van der Waals surface area contributed by atoms with Gasteiger partial charge in [0.05, 0.1) is 0 Å². The van der Waals surface area contributed by atoms with E-state index in [0.29, 0.717) is 30.3 Å². The lowest BCUT2D eigenvalue weighted by atomic mass is 9.61. The van der Waals surface area contributed by atoms with Crippen molar-refractivity contribution in [1.29, 1.82) is 0 Å². The quantitative estimate of drug-likeness (QED) is 0.501. The van der Waals surface area contributed by atoms with Crippen molar-refractivity contribution in [2.45, 2.75) is 110 Å². The first kappa shape index (κ1) is 22.9. The van der Waals surface area contributed by atoms with E-state index in [-0.39, 0.29) is 16.9 Å². The van der Waals surface area contributed by atoms with Gasteiger partial charge in [-0.3, -0.25) is 0 Å². The van der Waals surface area contributed by atoms with Gasteiger partial charge in [0.2, 0.25) is 0 Å². The van der Waals surface area contributed by atoms with Gasteiger partial charge in [0.1, 0.15) is 0 Å². The molecule has 0 aromatic heterocycles. The van der Waals surface area contributed by atoms with Crippen molar-refractivity contribution in [1.82, 2.24) is 0 Å². The Morgan fingerprint density at radius 1 is 1.26 bits per heavy atom. The first-order chi connectivity index (χ1) is 12.3. The van der Waals surface area contributed by atoms with E-state index in [1.165, 1.54) is 32.1 Å². The van der Waals surface area contributed by atoms with E-state index in [0.717, 1.165) is 0 Å². The smallest absolute Gasteiger partial charge is 0.338 e. The first-order valence-corrected chi connectivity index (χ1v) is 13.7. The number of aliphatic carboxylic acids is 1. The predicted octanol–water partition coefficient (Wildman–Crippen LogP) is 6.43. The summed E-state index contributed by atoms with van der Waals surface area (Å²) in [6.07, 6.45) is 5.39. The summed E-state index contributed by atoms with van der Waals surface area (Å²) in [5, 5.41) is 9.04. The third kappa shape index (κ3) is 4.77. The zero-order valence-corrected chi connectivity index (χ0v) is 19.5. The molecule has 158 valence electrons. The van der Waals surface area contributed by atoms with Gasteiger partial charge in [0.15, 0.2) is 14.5 Å². The summed E-state index contributed by atoms with van der Waals surface area (Å²) >= 11 is 0. The molecule has 0 aliphatic heterocycles. The standard InChI is InChI=1S/C22H41FO3Si/c1-15(10-13-18(23)20(24)25)16-11-12-17-19(9-8-14-22(16,17)5)26-27(6,7)21(2,3)4/h15-19H,8-14H2,1-7H3,(H,24,25)/t15?,16-,17+,18?,19+,22-/m1/s1. The number of halogens is 1. The SMILES string of the molecule is CC(CCC(F)C(=O)O)[C@H]1CC[C@H]2[C@@H](O[Si](C)(C)C(C)(C)C)CCC[C@]12C. The maximum absolute atomic E-state index is 13.5. The monoisotopic (exact) mass is 400 g/mol. The van der Waals surface area contributed by atoms with Crippen LogP contribution < -0.4 is 0 Å². The van der Waals surface area contributed by atoms with Gasteiger partial charge >= 0.3 is 5.97 Å². The van der Waals surface area contributed by atoms with Gasteiger partial charge in [-0.05, 0) is 79.8 Å². The van der Waals surface area contributed by atoms with Gasteiger partial charge in [-0.1, -0.05) is 41.0 Å². The molecule has 0 aromatic carbocycles. The molecule has 2 rings (SSSR count). The van der Waals surface area contributed by atoms with Crippen molar-refractivity contribution in [3.63, 3.8) is 0 Å². The fourth-order valence-electron chi connectivity index (χ4n) is 5.52. The number of alkyl halides is 1. The Bertz CT molecular complexity index is 530. The molecule has 5 heteroatoms. The van der Waals surface area contributed by atoms with E-state index in [1.807, 2.05) is 0 Å². The molecule has 1 N–H and O–H groups in total. The van der Waals surface area contributed by atoms with Crippen molar-refractivity contribution in [3.8, 4) is 0 Å². The third-order valence-electron chi connectivity index (χ3n) is 8.22. The maximum atomic E-state index is 13.5. The summed E-state index contributed by atoms with van der Waals surface area (Å²) in [6, 6.07) is 0. The molecule has 2 fully saturated rings. The van der Waals surface area contributed by atoms with Gasteiger partial charge < -0.3 is 9.53 Å². The topological polar surface area (TPSA) is 46.5 Å². The van der Waals surface area contributed by atoms with E-state index in [4.69, 9.17) is 9.53 Å². The van der Waals surface area contributed by atoms with Crippen LogP contribution in [0.2, 0.25) is 18.1 Å². The van der Waals surface area contributed by atoms with Crippen LogP contribution in [0.4, 0.5) is 4.39 Å². The zero-order chi connectivity index (χ0) is 20.6. The second-order valence-corrected chi connectivity index (χ2v) is 15.7. The third-order valence-corrected chi connectivity index (χ3v) is 12.7. The van der Waals surface area contributed by atoms with Crippen molar-refractivity contribution < 1.29 is 18.7 Å². The first-order valence-electron chi connectivity index (χ1n) is 10.8. The van der Waals surface area contributed by atoms with E-state index < -0.39 is 20.5 Å². The molecule has 0 aromatic rings. The van der Waals surface area contributed by atoms with Crippen molar-refractivity contribution in [3.05, 3.63) is 0 Å². The van der Waals surface area contributed by atoms with Crippen LogP contribution in [-0.2, 0) is 9.22 Å². The minimum atomic E-state index is -1.79. The number of fused-ring (bicyclic) bond motifs is 1. The molecule has 0 amide bonds. The molecule has 3 nitrogen and oxygen atoms in total. The normalized spacial score (nSPS) is 34.1. The van der Waals surface area contributed by atoms with Crippen LogP contribution in [0.25, 0.3) is 0 Å². The van der Waals surface area contributed by atoms with Crippen molar-refractivity contribution in [2.24, 2.45) is 23.2 Å². The molecule has 0 saturated heterocycles. The Kier molecular flexibility index (Phi) is 6.89. The van der Waals surface area contributed by atoms with Gasteiger partial charge in [-0.2, -0.15) is 0 Å². The predicted molar refractivity (Wildman–Crippen MR) is 111 cm³/mol. The van der Waals surface area contributed by atoms with Crippen molar-refractivity contribution in [2.75, 3.05) is 0 Å². The Hall–Kier alpha value is -0.423. The fourth-order valence-corrected chi connectivity index (χ4v) is 6.92. The van der Waals surface area contributed by atoms with Crippen LogP contribution >= 0.6 is 0 Å². The molecular formula is C22H41FO3Si. The summed E-state index contributed by atoms with van der Waals surface area (Å²) in [7, 11) is -1.79. The molecule has 2 aliphatic carbocycles. The van der Waals surface area contributed by atoms with Gasteiger partial charge in [0.25, 0.3) is 0 Å². The number of hydrogen-bond acceptors (Lipinski definition) is 2. The highest BCUT2D eigenvalue weighted by Crippen LogP contribution is 2.59. The lowest BCUT2D eigenvalue weighted by Crippen LogP contribution is -2.50. The van der Waals surface area contributed by atoms with E-state index >= 15 is 0 Å². The largest absolute Gasteiger partial charge is 0.479 e. The summed E-state index contributed by atoms with van der Waals surface area (Å²) in [6.45, 7) is 16.2. The van der Waals surface area contributed by atoms with Crippen LogP contribution in [0.3, 0.4) is 0 Å². The van der Waals surface area contributed by atoms with E-state index in [1.54, 1.807) is 0 Å². The Balaban J connectivity index is 2.07. The molecular weight excluding hydrogens is 359 g/mol. The minimum absolute atomic E-state index is 0.137. The highest BCUT2D eigenvalue weighted by Gasteiger charge is 2.54. The average molecular weight is 401 g/mol. The van der Waals surface area contributed by atoms with Gasteiger partial charge in [-0.25, -0.2) is 9.18 Å². The molecule has 2 unspecified atom stereocenters. The summed E-state index contributed by atoms with van der Waals surface area (Å²) in [4.78, 5) is 10.8. The van der Waals surface area contributed by atoms with Crippen LogP contribution in [0, 0.1) is 23.2 Å². The van der Waals surface area contributed by atoms with Crippen molar-refractivity contribution >= 4 is 14.3 Å². The number of rotatable bonds is 7. The second-order valence-electron chi connectivity index (χ2n) is 11.0. The minimum Gasteiger partial charge on any atom is -0.479 e. The number of carbonyl (C=O) groups is 1. The van der Waals surface area contributed by atoms with Crippen LogP contribution in [-0.4, -0.2) is 31.7 Å². The molecule has 2 aliphatic rings. The Labute approximate surface area is 166 Å².